The summed E-state index contributed by atoms with van der Waals surface area (Å²) < 4.78 is 0. The molecule has 2 N–H and O–H groups in total. The number of hydrogen-bond donors (Lipinski definition) is 2. The average Bonchev–Trinajstić information content (AvgIpc) is 2.38. The lowest BCUT2D eigenvalue weighted by atomic mass is 9.90. The molecule has 1 rings (SSSR count). The van der Waals surface area contributed by atoms with E-state index in [1.807, 2.05) is 0 Å². The summed E-state index contributed by atoms with van der Waals surface area (Å²) in [6, 6.07) is 1.42. The van der Waals surface area contributed by atoms with Crippen molar-refractivity contribution in [3.63, 3.8) is 0 Å². The molecule has 0 atom stereocenters. The van der Waals surface area contributed by atoms with Crippen LogP contribution in [0.25, 0.3) is 0 Å². The van der Waals surface area contributed by atoms with Gasteiger partial charge in [0.05, 0.1) is 10.6 Å². The Morgan fingerprint density at radius 3 is 2.33 bits per heavy atom. The van der Waals surface area contributed by atoms with Crippen LogP contribution in [0.4, 0.5) is 5.82 Å². The van der Waals surface area contributed by atoms with Gasteiger partial charge in [0.25, 0.3) is 0 Å². The highest BCUT2D eigenvalue weighted by molar-refractivity contribution is 6.33. The number of carboxylic acids is 1. The minimum atomic E-state index is -1.02. The van der Waals surface area contributed by atoms with E-state index in [0.717, 1.165) is 19.3 Å². The number of hydrogen-bond acceptors (Lipinski definition) is 3. The normalized spacial score (nSPS) is 11.3. The molecule has 0 fully saturated rings. The highest BCUT2D eigenvalue weighted by Crippen LogP contribution is 2.29. The van der Waals surface area contributed by atoms with Crippen molar-refractivity contribution >= 4 is 23.4 Å². The number of nitrogens with zero attached hydrogens (tertiary/aromatic N) is 1. The molecule has 0 saturated heterocycles. The zero-order chi connectivity index (χ0) is 13.8. The first-order chi connectivity index (χ1) is 8.48. The molecule has 0 spiro atoms. The number of rotatable bonds is 6. The molecule has 0 bridgehead atoms. The van der Waals surface area contributed by atoms with Crippen molar-refractivity contribution in [2.75, 3.05) is 5.32 Å². The highest BCUT2D eigenvalue weighted by atomic mass is 35.5. The minimum absolute atomic E-state index is 0.0403. The third-order valence-electron chi connectivity index (χ3n) is 3.50. The Balaban J connectivity index is 3.01. The van der Waals surface area contributed by atoms with Crippen molar-refractivity contribution in [1.82, 2.24) is 4.98 Å². The standard InChI is InChI=1S/C13H19ClN2O2/c1-4-13(5-2,6-3)16-11-10(14)7-9(8-15-11)12(17)18/h7-8H,4-6H2,1-3H3,(H,15,16)(H,17,18). The molecule has 0 aliphatic carbocycles. The minimum Gasteiger partial charge on any atom is -0.478 e. The lowest BCUT2D eigenvalue weighted by Gasteiger charge is -2.32. The summed E-state index contributed by atoms with van der Waals surface area (Å²) >= 11 is 6.06. The zero-order valence-corrected chi connectivity index (χ0v) is 11.7. The molecule has 0 aliphatic heterocycles. The Morgan fingerprint density at radius 2 is 1.94 bits per heavy atom. The second kappa shape index (κ2) is 6.05. The van der Waals surface area contributed by atoms with E-state index in [9.17, 15) is 4.79 Å². The Bertz CT molecular complexity index is 423. The largest absolute Gasteiger partial charge is 0.478 e. The highest BCUT2D eigenvalue weighted by Gasteiger charge is 2.25. The molecular weight excluding hydrogens is 252 g/mol. The van der Waals surface area contributed by atoms with E-state index in [4.69, 9.17) is 16.7 Å². The van der Waals surface area contributed by atoms with Gasteiger partial charge in [-0.15, -0.1) is 0 Å². The van der Waals surface area contributed by atoms with Crippen LogP contribution < -0.4 is 5.32 Å². The van der Waals surface area contributed by atoms with Crippen LogP contribution in [0.15, 0.2) is 12.3 Å². The molecule has 1 aromatic heterocycles. The Labute approximate surface area is 112 Å². The van der Waals surface area contributed by atoms with Gasteiger partial charge in [-0.3, -0.25) is 0 Å². The topological polar surface area (TPSA) is 62.2 Å². The lowest BCUT2D eigenvalue weighted by Crippen LogP contribution is -2.36. The summed E-state index contributed by atoms with van der Waals surface area (Å²) in [5, 5.41) is 12.5. The van der Waals surface area contributed by atoms with Crippen molar-refractivity contribution in [3.05, 3.63) is 22.8 Å². The van der Waals surface area contributed by atoms with Crippen molar-refractivity contribution in [1.29, 1.82) is 0 Å². The van der Waals surface area contributed by atoms with Crippen LogP contribution in [0.3, 0.4) is 0 Å². The number of carbonyl (C=O) groups is 1. The van der Waals surface area contributed by atoms with Crippen LogP contribution in [0.1, 0.15) is 50.4 Å². The van der Waals surface area contributed by atoms with Gasteiger partial charge in [-0.25, -0.2) is 9.78 Å². The van der Waals surface area contributed by atoms with Crippen LogP contribution in [-0.4, -0.2) is 21.6 Å². The first-order valence-electron chi connectivity index (χ1n) is 6.15. The quantitative estimate of drug-likeness (QED) is 0.825. The van der Waals surface area contributed by atoms with E-state index < -0.39 is 5.97 Å². The third kappa shape index (κ3) is 3.13. The number of pyridine rings is 1. The number of carboxylic acid groups (broad SMARTS) is 1. The number of anilines is 1. The first-order valence-corrected chi connectivity index (χ1v) is 6.52. The van der Waals surface area contributed by atoms with Gasteiger partial charge < -0.3 is 10.4 Å². The molecule has 0 radical (unpaired) electrons. The Kier molecular flexibility index (Phi) is 4.96. The van der Waals surface area contributed by atoms with Gasteiger partial charge in [0, 0.05) is 11.7 Å². The van der Waals surface area contributed by atoms with E-state index in [2.05, 4.69) is 31.1 Å². The van der Waals surface area contributed by atoms with Crippen molar-refractivity contribution in [2.24, 2.45) is 0 Å². The maximum atomic E-state index is 10.8. The van der Waals surface area contributed by atoms with Gasteiger partial charge in [-0.2, -0.15) is 0 Å². The molecule has 0 amide bonds. The maximum Gasteiger partial charge on any atom is 0.337 e. The SMILES string of the molecule is CCC(CC)(CC)Nc1ncc(C(=O)O)cc1Cl. The van der Waals surface area contributed by atoms with Gasteiger partial charge in [-0.1, -0.05) is 32.4 Å². The molecule has 100 valence electrons. The molecule has 0 aromatic carbocycles. The predicted octanol–water partition coefficient (Wildman–Crippen LogP) is 3.81. The number of halogens is 1. The molecular formula is C13H19ClN2O2. The van der Waals surface area contributed by atoms with Crippen molar-refractivity contribution < 1.29 is 9.90 Å². The molecule has 5 heteroatoms. The number of nitrogens with one attached hydrogen (secondary N) is 1. The molecule has 1 aromatic rings. The van der Waals surface area contributed by atoms with Crippen LogP contribution in [-0.2, 0) is 0 Å². The smallest absolute Gasteiger partial charge is 0.337 e. The predicted molar refractivity (Wildman–Crippen MR) is 73.4 cm³/mol. The van der Waals surface area contributed by atoms with E-state index in [1.54, 1.807) is 0 Å². The van der Waals surface area contributed by atoms with Gasteiger partial charge >= 0.3 is 5.97 Å². The summed E-state index contributed by atoms with van der Waals surface area (Å²) in [7, 11) is 0. The van der Waals surface area contributed by atoms with Gasteiger partial charge in [0.15, 0.2) is 0 Å². The molecule has 0 saturated carbocycles. The molecule has 0 aliphatic rings. The summed E-state index contributed by atoms with van der Waals surface area (Å²) in [6.07, 6.45) is 4.19. The van der Waals surface area contributed by atoms with E-state index in [1.165, 1.54) is 12.3 Å². The number of aromatic nitrogens is 1. The molecule has 0 unspecified atom stereocenters. The first kappa shape index (κ1) is 14.8. The monoisotopic (exact) mass is 270 g/mol. The second-order valence-electron chi connectivity index (χ2n) is 4.33. The average molecular weight is 271 g/mol. The zero-order valence-electron chi connectivity index (χ0n) is 11.0. The summed E-state index contributed by atoms with van der Waals surface area (Å²) in [5.74, 6) is -0.476. The van der Waals surface area contributed by atoms with Crippen LogP contribution in [0.5, 0.6) is 0 Å². The molecule has 4 nitrogen and oxygen atoms in total. The Hall–Kier alpha value is -1.29. The van der Waals surface area contributed by atoms with Gasteiger partial charge in [-0.05, 0) is 25.3 Å². The summed E-state index contributed by atoms with van der Waals surface area (Å²) in [6.45, 7) is 6.33. The molecule has 1 heterocycles. The van der Waals surface area contributed by atoms with Crippen molar-refractivity contribution in [2.45, 2.75) is 45.6 Å². The fourth-order valence-corrected chi connectivity index (χ4v) is 2.13. The summed E-state index contributed by atoms with van der Waals surface area (Å²) in [5.41, 5.74) is 0.0575. The van der Waals surface area contributed by atoms with Crippen LogP contribution in [0.2, 0.25) is 5.02 Å². The van der Waals surface area contributed by atoms with Crippen LogP contribution >= 0.6 is 11.6 Å². The van der Waals surface area contributed by atoms with Crippen LogP contribution in [0, 0.1) is 0 Å². The maximum absolute atomic E-state index is 10.8. The molecule has 18 heavy (non-hydrogen) atoms. The van der Waals surface area contributed by atoms with E-state index in [-0.39, 0.29) is 11.1 Å². The van der Waals surface area contributed by atoms with E-state index >= 15 is 0 Å². The lowest BCUT2D eigenvalue weighted by molar-refractivity contribution is 0.0696. The van der Waals surface area contributed by atoms with E-state index in [0.29, 0.717) is 10.8 Å². The fourth-order valence-electron chi connectivity index (χ4n) is 1.91. The van der Waals surface area contributed by atoms with Gasteiger partial charge in [0.2, 0.25) is 0 Å². The van der Waals surface area contributed by atoms with Gasteiger partial charge in [0.1, 0.15) is 5.82 Å². The Morgan fingerprint density at radius 1 is 1.39 bits per heavy atom. The summed E-state index contributed by atoms with van der Waals surface area (Å²) in [4.78, 5) is 14.9. The number of aromatic carboxylic acids is 1. The third-order valence-corrected chi connectivity index (χ3v) is 3.79. The fraction of sp³-hybridized carbons (Fsp3) is 0.538. The van der Waals surface area contributed by atoms with Crippen molar-refractivity contribution in [3.8, 4) is 0 Å². The second-order valence-corrected chi connectivity index (χ2v) is 4.73.